The van der Waals surface area contributed by atoms with E-state index in [-0.39, 0.29) is 11.8 Å². The Morgan fingerprint density at radius 3 is 2.63 bits per heavy atom. The SMILES string of the molecule is CCC(Nc1ccccc1OC(F)F)c1cccs1. The van der Waals surface area contributed by atoms with Gasteiger partial charge in [0.15, 0.2) is 0 Å². The number of thiophene rings is 1. The van der Waals surface area contributed by atoms with E-state index in [1.165, 1.54) is 10.9 Å². The molecule has 1 heterocycles. The summed E-state index contributed by atoms with van der Waals surface area (Å²) in [6.45, 7) is -0.765. The number of benzene rings is 1. The van der Waals surface area contributed by atoms with Gasteiger partial charge in [-0.1, -0.05) is 25.1 Å². The summed E-state index contributed by atoms with van der Waals surface area (Å²) in [6, 6.07) is 10.9. The van der Waals surface area contributed by atoms with Crippen molar-refractivity contribution in [1.82, 2.24) is 0 Å². The Morgan fingerprint density at radius 2 is 2.00 bits per heavy atom. The second-order valence-electron chi connectivity index (χ2n) is 4.00. The van der Waals surface area contributed by atoms with E-state index in [0.29, 0.717) is 5.69 Å². The Kier molecular flexibility index (Phi) is 4.74. The van der Waals surface area contributed by atoms with Gasteiger partial charge in [-0.2, -0.15) is 8.78 Å². The number of nitrogens with one attached hydrogen (secondary N) is 1. The van der Waals surface area contributed by atoms with Crippen molar-refractivity contribution >= 4 is 17.0 Å². The molecule has 0 saturated carbocycles. The highest BCUT2D eigenvalue weighted by molar-refractivity contribution is 7.10. The van der Waals surface area contributed by atoms with Gasteiger partial charge in [-0.15, -0.1) is 11.3 Å². The molecule has 0 fully saturated rings. The third kappa shape index (κ3) is 3.67. The first-order valence-corrected chi connectivity index (χ1v) is 6.92. The van der Waals surface area contributed by atoms with E-state index in [1.807, 2.05) is 24.4 Å². The lowest BCUT2D eigenvalue weighted by molar-refractivity contribution is -0.0493. The Morgan fingerprint density at radius 1 is 1.21 bits per heavy atom. The molecular formula is C14H15F2NOS. The largest absolute Gasteiger partial charge is 0.433 e. The van der Waals surface area contributed by atoms with Gasteiger partial charge < -0.3 is 10.1 Å². The molecule has 19 heavy (non-hydrogen) atoms. The lowest BCUT2D eigenvalue weighted by Crippen LogP contribution is -2.11. The van der Waals surface area contributed by atoms with E-state index in [1.54, 1.807) is 29.5 Å². The van der Waals surface area contributed by atoms with Gasteiger partial charge in [-0.3, -0.25) is 0 Å². The van der Waals surface area contributed by atoms with E-state index in [2.05, 4.69) is 10.1 Å². The van der Waals surface area contributed by atoms with E-state index >= 15 is 0 Å². The summed E-state index contributed by atoms with van der Waals surface area (Å²) >= 11 is 1.64. The van der Waals surface area contributed by atoms with E-state index in [9.17, 15) is 8.78 Å². The Balaban J connectivity index is 2.17. The van der Waals surface area contributed by atoms with Gasteiger partial charge in [0.25, 0.3) is 0 Å². The van der Waals surface area contributed by atoms with Crippen LogP contribution in [-0.4, -0.2) is 6.61 Å². The van der Waals surface area contributed by atoms with Gasteiger partial charge in [0.05, 0.1) is 11.7 Å². The van der Waals surface area contributed by atoms with Crippen molar-refractivity contribution in [2.45, 2.75) is 26.0 Å². The molecule has 0 amide bonds. The van der Waals surface area contributed by atoms with Gasteiger partial charge >= 0.3 is 6.61 Å². The van der Waals surface area contributed by atoms with Crippen LogP contribution in [0, 0.1) is 0 Å². The summed E-state index contributed by atoms with van der Waals surface area (Å²) in [5, 5.41) is 5.26. The molecule has 0 aliphatic rings. The minimum atomic E-state index is -2.82. The van der Waals surface area contributed by atoms with Crippen LogP contribution < -0.4 is 10.1 Å². The van der Waals surface area contributed by atoms with Gasteiger partial charge in [-0.25, -0.2) is 0 Å². The summed E-state index contributed by atoms with van der Waals surface area (Å²) in [5.74, 6) is 0.174. The third-order valence-corrected chi connectivity index (χ3v) is 3.71. The molecule has 1 atom stereocenters. The van der Waals surface area contributed by atoms with Crippen molar-refractivity contribution in [3.05, 3.63) is 46.7 Å². The summed E-state index contributed by atoms with van der Waals surface area (Å²) in [5.41, 5.74) is 0.586. The predicted molar refractivity (Wildman–Crippen MR) is 74.0 cm³/mol. The molecule has 2 rings (SSSR count). The van der Waals surface area contributed by atoms with Crippen LogP contribution in [-0.2, 0) is 0 Å². The summed E-state index contributed by atoms with van der Waals surface area (Å²) < 4.78 is 29.2. The molecule has 0 spiro atoms. The molecule has 0 saturated heterocycles. The number of anilines is 1. The number of hydrogen-bond acceptors (Lipinski definition) is 3. The van der Waals surface area contributed by atoms with Crippen LogP contribution in [0.3, 0.4) is 0 Å². The van der Waals surface area contributed by atoms with Gasteiger partial charge in [0.1, 0.15) is 5.75 Å². The Bertz CT molecular complexity index is 502. The Hall–Kier alpha value is -1.62. The summed E-state index contributed by atoms with van der Waals surface area (Å²) in [4.78, 5) is 1.18. The zero-order chi connectivity index (χ0) is 13.7. The van der Waals surface area contributed by atoms with Crippen LogP contribution in [0.15, 0.2) is 41.8 Å². The average Bonchev–Trinajstić information content (AvgIpc) is 2.91. The fourth-order valence-electron chi connectivity index (χ4n) is 1.84. The molecule has 1 aromatic heterocycles. The minimum absolute atomic E-state index is 0.0995. The predicted octanol–water partition coefficient (Wildman–Crippen LogP) is 4.91. The van der Waals surface area contributed by atoms with Crippen LogP contribution >= 0.6 is 11.3 Å². The molecule has 0 aliphatic heterocycles. The fraction of sp³-hybridized carbons (Fsp3) is 0.286. The maximum absolute atomic E-state index is 12.3. The minimum Gasteiger partial charge on any atom is -0.433 e. The second-order valence-corrected chi connectivity index (χ2v) is 4.97. The van der Waals surface area contributed by atoms with Crippen molar-refractivity contribution in [1.29, 1.82) is 0 Å². The average molecular weight is 283 g/mol. The summed E-state index contributed by atoms with van der Waals surface area (Å²) in [7, 11) is 0. The number of ether oxygens (including phenoxy) is 1. The lowest BCUT2D eigenvalue weighted by Gasteiger charge is -2.19. The fourth-order valence-corrected chi connectivity index (χ4v) is 2.70. The molecule has 102 valence electrons. The highest BCUT2D eigenvalue weighted by Crippen LogP contribution is 2.32. The van der Waals surface area contributed by atoms with Crippen LogP contribution in [0.5, 0.6) is 5.75 Å². The zero-order valence-electron chi connectivity index (χ0n) is 10.5. The molecular weight excluding hydrogens is 268 g/mol. The molecule has 0 radical (unpaired) electrons. The first-order chi connectivity index (χ1) is 9.20. The van der Waals surface area contributed by atoms with Gasteiger partial charge in [0, 0.05) is 4.88 Å². The van der Waals surface area contributed by atoms with Gasteiger partial charge in [0.2, 0.25) is 0 Å². The molecule has 2 aromatic rings. The summed E-state index contributed by atoms with van der Waals surface area (Å²) in [6.07, 6.45) is 0.865. The number of halogens is 2. The number of para-hydroxylation sites is 2. The lowest BCUT2D eigenvalue weighted by atomic mass is 10.1. The van der Waals surface area contributed by atoms with E-state index in [0.717, 1.165) is 6.42 Å². The highest BCUT2D eigenvalue weighted by Gasteiger charge is 2.14. The van der Waals surface area contributed by atoms with Crippen LogP contribution in [0.1, 0.15) is 24.3 Å². The van der Waals surface area contributed by atoms with Crippen molar-refractivity contribution in [2.24, 2.45) is 0 Å². The molecule has 5 heteroatoms. The number of alkyl halides is 2. The van der Waals surface area contributed by atoms with Gasteiger partial charge in [-0.05, 0) is 30.0 Å². The van der Waals surface area contributed by atoms with Crippen LogP contribution in [0.4, 0.5) is 14.5 Å². The quantitative estimate of drug-likeness (QED) is 0.813. The van der Waals surface area contributed by atoms with Crippen molar-refractivity contribution in [2.75, 3.05) is 5.32 Å². The molecule has 1 aromatic carbocycles. The van der Waals surface area contributed by atoms with Crippen LogP contribution in [0.2, 0.25) is 0 Å². The normalized spacial score (nSPS) is 12.4. The van der Waals surface area contributed by atoms with E-state index in [4.69, 9.17) is 0 Å². The van der Waals surface area contributed by atoms with Crippen molar-refractivity contribution in [3.63, 3.8) is 0 Å². The maximum atomic E-state index is 12.3. The standard InChI is InChI=1S/C14H15F2NOS/c1-2-10(13-8-5-9-19-13)17-11-6-3-4-7-12(11)18-14(15)16/h3-10,14,17H,2H2,1H3. The molecule has 2 nitrogen and oxygen atoms in total. The molecule has 0 bridgehead atoms. The molecule has 1 N–H and O–H groups in total. The third-order valence-electron chi connectivity index (χ3n) is 2.73. The monoisotopic (exact) mass is 283 g/mol. The van der Waals surface area contributed by atoms with Crippen molar-refractivity contribution in [3.8, 4) is 5.75 Å². The first kappa shape index (κ1) is 13.8. The first-order valence-electron chi connectivity index (χ1n) is 6.04. The number of rotatable bonds is 6. The second kappa shape index (κ2) is 6.52. The highest BCUT2D eigenvalue weighted by atomic mass is 32.1. The van der Waals surface area contributed by atoms with Crippen LogP contribution in [0.25, 0.3) is 0 Å². The topological polar surface area (TPSA) is 21.3 Å². The Labute approximate surface area is 115 Å². The van der Waals surface area contributed by atoms with Crippen molar-refractivity contribution < 1.29 is 13.5 Å². The number of hydrogen-bond donors (Lipinski definition) is 1. The van der Waals surface area contributed by atoms with E-state index < -0.39 is 6.61 Å². The smallest absolute Gasteiger partial charge is 0.387 e. The molecule has 0 aliphatic carbocycles. The zero-order valence-corrected chi connectivity index (χ0v) is 11.3. The maximum Gasteiger partial charge on any atom is 0.387 e. The molecule has 1 unspecified atom stereocenters.